The molecule has 3 nitrogen and oxygen atoms in total. The van der Waals surface area contributed by atoms with Crippen molar-refractivity contribution in [3.05, 3.63) is 36.0 Å². The predicted octanol–water partition coefficient (Wildman–Crippen LogP) is 3.21. The molecule has 0 amide bonds. The van der Waals surface area contributed by atoms with Gasteiger partial charge in [-0.25, -0.2) is 4.79 Å². The molecule has 0 unspecified atom stereocenters. The second-order valence-corrected chi connectivity index (χ2v) is 3.59. The summed E-state index contributed by atoms with van der Waals surface area (Å²) >= 11 is 0. The minimum Gasteiger partial charge on any atom is -0.449 e. The van der Waals surface area contributed by atoms with E-state index in [4.69, 9.17) is 4.74 Å². The van der Waals surface area contributed by atoms with Crippen molar-refractivity contribution < 1.29 is 9.53 Å². The van der Waals surface area contributed by atoms with Gasteiger partial charge in [0.2, 0.25) is 0 Å². The van der Waals surface area contributed by atoms with E-state index in [1.54, 1.807) is 4.57 Å². The molecule has 0 saturated heterocycles. The Bertz CT molecular complexity index is 514. The summed E-state index contributed by atoms with van der Waals surface area (Å²) in [6, 6.07) is 7.88. The molecular formula is C13H15NO2. The van der Waals surface area contributed by atoms with Gasteiger partial charge in [-0.05, 0) is 25.0 Å². The molecule has 2 aromatic rings. The number of carbonyl (C=O) groups is 1. The molecule has 1 aromatic heterocycles. The van der Waals surface area contributed by atoms with Crippen LogP contribution in [-0.4, -0.2) is 17.3 Å². The van der Waals surface area contributed by atoms with Crippen molar-refractivity contribution in [3.63, 3.8) is 0 Å². The van der Waals surface area contributed by atoms with Gasteiger partial charge in [0.25, 0.3) is 0 Å². The number of rotatable bonds is 2. The molecule has 0 aliphatic heterocycles. The minimum atomic E-state index is -0.307. The first kappa shape index (κ1) is 10.7. The van der Waals surface area contributed by atoms with E-state index in [0.29, 0.717) is 6.61 Å². The van der Waals surface area contributed by atoms with Crippen LogP contribution < -0.4 is 0 Å². The molecule has 0 N–H and O–H groups in total. The largest absolute Gasteiger partial charge is 0.449 e. The Morgan fingerprint density at radius 1 is 1.31 bits per heavy atom. The van der Waals surface area contributed by atoms with Gasteiger partial charge in [-0.15, -0.1) is 0 Å². The monoisotopic (exact) mass is 217 g/mol. The Balaban J connectivity index is 2.57. The molecule has 0 fully saturated rings. The second-order valence-electron chi connectivity index (χ2n) is 3.59. The third-order valence-corrected chi connectivity index (χ3v) is 2.64. The number of nitrogens with zero attached hydrogens (tertiary/aromatic N) is 1. The highest BCUT2D eigenvalue weighted by Gasteiger charge is 2.12. The van der Waals surface area contributed by atoms with E-state index in [-0.39, 0.29) is 6.09 Å². The zero-order chi connectivity index (χ0) is 11.5. The molecule has 16 heavy (non-hydrogen) atoms. The number of aromatic nitrogens is 1. The van der Waals surface area contributed by atoms with Crippen LogP contribution in [0.5, 0.6) is 0 Å². The van der Waals surface area contributed by atoms with Gasteiger partial charge < -0.3 is 4.74 Å². The molecule has 1 aromatic carbocycles. The summed E-state index contributed by atoms with van der Waals surface area (Å²) < 4.78 is 6.60. The molecule has 84 valence electrons. The maximum absolute atomic E-state index is 11.7. The molecule has 3 heteroatoms. The van der Waals surface area contributed by atoms with E-state index < -0.39 is 0 Å². The standard InChI is InChI=1S/C13H15NO2/c1-3-10-9-14(13(15)16-4-2)12-8-6-5-7-11(10)12/h5-9H,3-4H2,1-2H3. The lowest BCUT2D eigenvalue weighted by atomic mass is 10.1. The fourth-order valence-corrected chi connectivity index (χ4v) is 1.88. The number of fused-ring (bicyclic) bond motifs is 1. The van der Waals surface area contributed by atoms with E-state index in [9.17, 15) is 4.79 Å². The highest BCUT2D eigenvalue weighted by Crippen LogP contribution is 2.21. The first-order valence-electron chi connectivity index (χ1n) is 5.54. The maximum atomic E-state index is 11.7. The highest BCUT2D eigenvalue weighted by molar-refractivity contribution is 5.91. The third-order valence-electron chi connectivity index (χ3n) is 2.64. The van der Waals surface area contributed by atoms with Crippen molar-refractivity contribution in [3.8, 4) is 0 Å². The highest BCUT2D eigenvalue weighted by atomic mass is 16.5. The van der Waals surface area contributed by atoms with Gasteiger partial charge >= 0.3 is 6.09 Å². The Hall–Kier alpha value is -1.77. The van der Waals surface area contributed by atoms with Gasteiger partial charge in [0.1, 0.15) is 0 Å². The average molecular weight is 217 g/mol. The molecular weight excluding hydrogens is 202 g/mol. The Kier molecular flexibility index (Phi) is 2.95. The molecule has 0 spiro atoms. The van der Waals surface area contributed by atoms with Crippen LogP contribution in [0.15, 0.2) is 30.5 Å². The maximum Gasteiger partial charge on any atom is 0.418 e. The molecule has 0 aliphatic rings. The third kappa shape index (κ3) is 1.69. The molecule has 0 atom stereocenters. The van der Waals surface area contributed by atoms with Crippen molar-refractivity contribution in [2.45, 2.75) is 20.3 Å². The fraction of sp³-hybridized carbons (Fsp3) is 0.308. The summed E-state index contributed by atoms with van der Waals surface area (Å²) in [5.41, 5.74) is 2.08. The Labute approximate surface area is 94.6 Å². The van der Waals surface area contributed by atoms with Gasteiger partial charge in [-0.2, -0.15) is 0 Å². The van der Waals surface area contributed by atoms with Gasteiger partial charge in [0, 0.05) is 11.6 Å². The van der Waals surface area contributed by atoms with Crippen molar-refractivity contribution in [1.82, 2.24) is 4.57 Å². The molecule has 0 saturated carbocycles. The normalized spacial score (nSPS) is 10.6. The van der Waals surface area contributed by atoms with Gasteiger partial charge in [-0.1, -0.05) is 25.1 Å². The molecule has 2 rings (SSSR count). The van der Waals surface area contributed by atoms with E-state index in [2.05, 4.69) is 6.92 Å². The summed E-state index contributed by atoms with van der Waals surface area (Å²) in [5, 5.41) is 1.12. The number of ether oxygens (including phenoxy) is 1. The van der Waals surface area contributed by atoms with E-state index in [0.717, 1.165) is 17.3 Å². The summed E-state index contributed by atoms with van der Waals surface area (Å²) in [7, 11) is 0. The Morgan fingerprint density at radius 2 is 2.06 bits per heavy atom. The van der Waals surface area contributed by atoms with Crippen LogP contribution in [-0.2, 0) is 11.2 Å². The number of hydrogen-bond donors (Lipinski definition) is 0. The van der Waals surface area contributed by atoms with Crippen LogP contribution >= 0.6 is 0 Å². The van der Waals surface area contributed by atoms with Crippen molar-refractivity contribution in [2.24, 2.45) is 0 Å². The van der Waals surface area contributed by atoms with E-state index in [1.807, 2.05) is 37.4 Å². The number of carbonyl (C=O) groups excluding carboxylic acids is 1. The lowest BCUT2D eigenvalue weighted by Crippen LogP contribution is -2.12. The van der Waals surface area contributed by atoms with Gasteiger partial charge in [-0.3, -0.25) is 4.57 Å². The zero-order valence-corrected chi connectivity index (χ0v) is 9.56. The van der Waals surface area contributed by atoms with Gasteiger partial charge in [0.05, 0.1) is 12.1 Å². The Morgan fingerprint density at radius 3 is 2.75 bits per heavy atom. The van der Waals surface area contributed by atoms with E-state index >= 15 is 0 Å². The van der Waals surface area contributed by atoms with Gasteiger partial charge in [0.15, 0.2) is 0 Å². The van der Waals surface area contributed by atoms with Crippen LogP contribution in [0.4, 0.5) is 4.79 Å². The molecule has 1 heterocycles. The molecule has 0 bridgehead atoms. The quantitative estimate of drug-likeness (QED) is 0.773. The number of benzene rings is 1. The number of hydrogen-bond acceptors (Lipinski definition) is 2. The van der Waals surface area contributed by atoms with Crippen LogP contribution in [0.25, 0.3) is 10.9 Å². The molecule has 0 radical (unpaired) electrons. The smallest absolute Gasteiger partial charge is 0.418 e. The summed E-state index contributed by atoms with van der Waals surface area (Å²) in [5.74, 6) is 0. The van der Waals surface area contributed by atoms with Crippen LogP contribution in [0.2, 0.25) is 0 Å². The molecule has 0 aliphatic carbocycles. The average Bonchev–Trinajstić information content (AvgIpc) is 2.68. The lowest BCUT2D eigenvalue weighted by molar-refractivity contribution is 0.155. The van der Waals surface area contributed by atoms with Crippen LogP contribution in [0, 0.1) is 0 Å². The summed E-state index contributed by atoms with van der Waals surface area (Å²) in [6.07, 6.45) is 2.47. The first-order valence-corrected chi connectivity index (χ1v) is 5.54. The van der Waals surface area contributed by atoms with Crippen molar-refractivity contribution in [1.29, 1.82) is 0 Å². The second kappa shape index (κ2) is 4.39. The number of aryl methyl sites for hydroxylation is 1. The lowest BCUT2D eigenvalue weighted by Gasteiger charge is -2.03. The first-order chi connectivity index (χ1) is 7.77. The SMILES string of the molecule is CCOC(=O)n1cc(CC)c2ccccc21. The minimum absolute atomic E-state index is 0.307. The van der Waals surface area contributed by atoms with E-state index in [1.165, 1.54) is 5.56 Å². The zero-order valence-electron chi connectivity index (χ0n) is 9.56. The summed E-state index contributed by atoms with van der Waals surface area (Å²) in [6.45, 7) is 4.29. The predicted molar refractivity (Wildman–Crippen MR) is 63.7 cm³/mol. The van der Waals surface area contributed by atoms with Crippen molar-refractivity contribution in [2.75, 3.05) is 6.61 Å². The van der Waals surface area contributed by atoms with Crippen LogP contribution in [0.1, 0.15) is 19.4 Å². The summed E-state index contributed by atoms with van der Waals surface area (Å²) in [4.78, 5) is 11.7. The van der Waals surface area contributed by atoms with Crippen molar-refractivity contribution >= 4 is 17.0 Å². The fourth-order valence-electron chi connectivity index (χ4n) is 1.88. The van der Waals surface area contributed by atoms with Crippen LogP contribution in [0.3, 0.4) is 0 Å². The number of para-hydroxylation sites is 1. The topological polar surface area (TPSA) is 31.2 Å².